The van der Waals surface area contributed by atoms with E-state index in [-0.39, 0.29) is 17.7 Å². The molecular formula is C10H14O4. The molecule has 0 aromatic rings. The molecular weight excluding hydrogens is 184 g/mol. The highest BCUT2D eigenvalue weighted by atomic mass is 16.7. The zero-order valence-corrected chi connectivity index (χ0v) is 8.52. The van der Waals surface area contributed by atoms with E-state index >= 15 is 0 Å². The molecule has 1 unspecified atom stereocenters. The molecule has 0 radical (unpaired) electrons. The maximum absolute atomic E-state index is 11.2. The molecule has 1 rings (SSSR count). The molecule has 0 aromatic carbocycles. The first kappa shape index (κ1) is 10.9. The molecule has 0 N–H and O–H groups in total. The summed E-state index contributed by atoms with van der Waals surface area (Å²) in [5.41, 5.74) is 0. The van der Waals surface area contributed by atoms with Gasteiger partial charge in [0.15, 0.2) is 5.78 Å². The summed E-state index contributed by atoms with van der Waals surface area (Å²) in [6, 6.07) is 0. The molecule has 0 amide bonds. The van der Waals surface area contributed by atoms with E-state index in [2.05, 4.69) is 0 Å². The summed E-state index contributed by atoms with van der Waals surface area (Å²) in [6.07, 6.45) is 1.57. The lowest BCUT2D eigenvalue weighted by atomic mass is 10.2. The molecule has 14 heavy (non-hydrogen) atoms. The maximum atomic E-state index is 11.2. The second kappa shape index (κ2) is 4.37. The fraction of sp³-hybridized carbons (Fsp3) is 0.600. The monoisotopic (exact) mass is 198 g/mol. The van der Waals surface area contributed by atoms with Crippen molar-refractivity contribution in [2.75, 3.05) is 0 Å². The number of ketones is 1. The lowest BCUT2D eigenvalue weighted by molar-refractivity contribution is -0.183. The van der Waals surface area contributed by atoms with Gasteiger partial charge in [-0.1, -0.05) is 13.8 Å². The second-order valence-corrected chi connectivity index (χ2v) is 3.50. The van der Waals surface area contributed by atoms with Crippen molar-refractivity contribution >= 4 is 11.8 Å². The van der Waals surface area contributed by atoms with Crippen molar-refractivity contribution in [1.82, 2.24) is 0 Å². The number of esters is 1. The lowest BCUT2D eigenvalue weighted by Crippen LogP contribution is -2.33. The van der Waals surface area contributed by atoms with Crippen LogP contribution in [0.2, 0.25) is 0 Å². The van der Waals surface area contributed by atoms with Gasteiger partial charge in [0.2, 0.25) is 6.29 Å². The third kappa shape index (κ3) is 2.67. The molecule has 4 heteroatoms. The molecule has 0 bridgehead atoms. The van der Waals surface area contributed by atoms with Crippen LogP contribution in [-0.4, -0.2) is 24.1 Å². The van der Waals surface area contributed by atoms with E-state index in [1.165, 1.54) is 12.2 Å². The van der Waals surface area contributed by atoms with Crippen LogP contribution in [0, 0.1) is 5.92 Å². The Morgan fingerprint density at radius 1 is 1.57 bits per heavy atom. The Morgan fingerprint density at radius 2 is 2.21 bits per heavy atom. The minimum absolute atomic E-state index is 0.109. The van der Waals surface area contributed by atoms with Crippen molar-refractivity contribution < 1.29 is 19.1 Å². The van der Waals surface area contributed by atoms with Crippen molar-refractivity contribution in [3.05, 3.63) is 12.2 Å². The van der Waals surface area contributed by atoms with E-state index in [1.54, 1.807) is 20.8 Å². The van der Waals surface area contributed by atoms with Crippen LogP contribution in [0.3, 0.4) is 0 Å². The molecule has 4 nitrogen and oxygen atoms in total. The predicted octanol–water partition coefficient (Wildman–Crippen LogP) is 1.06. The fourth-order valence-electron chi connectivity index (χ4n) is 0.940. The molecule has 78 valence electrons. The molecule has 2 atom stereocenters. The highest BCUT2D eigenvalue weighted by molar-refractivity contribution is 5.93. The van der Waals surface area contributed by atoms with Crippen LogP contribution in [0.5, 0.6) is 0 Å². The van der Waals surface area contributed by atoms with Gasteiger partial charge in [-0.3, -0.25) is 9.59 Å². The zero-order chi connectivity index (χ0) is 10.7. The van der Waals surface area contributed by atoms with Crippen LogP contribution in [0.1, 0.15) is 20.8 Å². The van der Waals surface area contributed by atoms with Crippen LogP contribution in [-0.2, 0) is 19.1 Å². The van der Waals surface area contributed by atoms with E-state index in [1.807, 2.05) is 0 Å². The molecule has 0 saturated carbocycles. The standard InChI is InChI=1S/C10H14O4/c1-6(2)10(12)14-9-5-4-8(11)7(3)13-9/h4-7,9H,1-3H3/t7?,9-/m1/s1. The van der Waals surface area contributed by atoms with E-state index < -0.39 is 12.4 Å². The minimum Gasteiger partial charge on any atom is -0.432 e. The number of hydrogen-bond acceptors (Lipinski definition) is 4. The largest absolute Gasteiger partial charge is 0.432 e. The van der Waals surface area contributed by atoms with Gasteiger partial charge >= 0.3 is 5.97 Å². The highest BCUT2D eigenvalue weighted by Gasteiger charge is 2.24. The molecule has 0 aromatic heterocycles. The Hall–Kier alpha value is -1.16. The Balaban J connectivity index is 2.52. The van der Waals surface area contributed by atoms with Gasteiger partial charge < -0.3 is 9.47 Å². The third-order valence-electron chi connectivity index (χ3n) is 1.86. The van der Waals surface area contributed by atoms with Gasteiger partial charge in [0, 0.05) is 0 Å². The molecule has 1 aliphatic heterocycles. The normalized spacial score (nSPS) is 26.7. The fourth-order valence-corrected chi connectivity index (χ4v) is 0.940. The summed E-state index contributed by atoms with van der Waals surface area (Å²) in [6.45, 7) is 5.11. The van der Waals surface area contributed by atoms with Gasteiger partial charge in [-0.2, -0.15) is 0 Å². The third-order valence-corrected chi connectivity index (χ3v) is 1.86. The van der Waals surface area contributed by atoms with Gasteiger partial charge in [0.05, 0.1) is 5.92 Å². The quantitative estimate of drug-likeness (QED) is 0.622. The smallest absolute Gasteiger partial charge is 0.310 e. The number of carbonyl (C=O) groups is 2. The van der Waals surface area contributed by atoms with E-state index in [9.17, 15) is 9.59 Å². The Kier molecular flexibility index (Phi) is 3.41. The summed E-state index contributed by atoms with van der Waals surface area (Å²) < 4.78 is 10.1. The summed E-state index contributed by atoms with van der Waals surface area (Å²) in [7, 11) is 0. The summed E-state index contributed by atoms with van der Waals surface area (Å²) in [5.74, 6) is -0.636. The Labute approximate surface area is 82.9 Å². The summed E-state index contributed by atoms with van der Waals surface area (Å²) in [4.78, 5) is 22.2. The lowest BCUT2D eigenvalue weighted by Gasteiger charge is -2.22. The van der Waals surface area contributed by atoms with Gasteiger partial charge in [-0.15, -0.1) is 0 Å². The maximum Gasteiger partial charge on any atom is 0.310 e. The van der Waals surface area contributed by atoms with Crippen LogP contribution in [0.15, 0.2) is 12.2 Å². The predicted molar refractivity (Wildman–Crippen MR) is 49.4 cm³/mol. The van der Waals surface area contributed by atoms with Crippen molar-refractivity contribution in [3.8, 4) is 0 Å². The number of carbonyl (C=O) groups excluding carboxylic acids is 2. The minimum atomic E-state index is -0.724. The average Bonchev–Trinajstić information content (AvgIpc) is 2.11. The van der Waals surface area contributed by atoms with Crippen LogP contribution < -0.4 is 0 Å². The van der Waals surface area contributed by atoms with Crippen molar-refractivity contribution in [2.24, 2.45) is 5.92 Å². The number of ether oxygens (including phenoxy) is 2. The first-order chi connectivity index (χ1) is 6.50. The van der Waals surface area contributed by atoms with E-state index in [0.717, 1.165) is 0 Å². The first-order valence-electron chi connectivity index (χ1n) is 4.58. The van der Waals surface area contributed by atoms with Crippen molar-refractivity contribution in [3.63, 3.8) is 0 Å². The second-order valence-electron chi connectivity index (χ2n) is 3.50. The van der Waals surface area contributed by atoms with Crippen LogP contribution in [0.4, 0.5) is 0 Å². The van der Waals surface area contributed by atoms with Gasteiger partial charge in [0.25, 0.3) is 0 Å². The number of hydrogen-bond donors (Lipinski definition) is 0. The molecule has 0 spiro atoms. The summed E-state index contributed by atoms with van der Waals surface area (Å²) in [5, 5.41) is 0. The Bertz CT molecular complexity index is 267. The Morgan fingerprint density at radius 3 is 2.71 bits per heavy atom. The topological polar surface area (TPSA) is 52.6 Å². The molecule has 1 aliphatic rings. The molecule has 1 heterocycles. The van der Waals surface area contributed by atoms with Crippen LogP contribution >= 0.6 is 0 Å². The zero-order valence-electron chi connectivity index (χ0n) is 8.52. The SMILES string of the molecule is CC(C)C(=O)O[C@@H]1C=CC(=O)C(C)O1. The highest BCUT2D eigenvalue weighted by Crippen LogP contribution is 2.11. The molecule has 0 fully saturated rings. The molecule has 0 saturated heterocycles. The first-order valence-corrected chi connectivity index (χ1v) is 4.58. The molecule has 0 aliphatic carbocycles. The number of rotatable bonds is 2. The average molecular weight is 198 g/mol. The van der Waals surface area contributed by atoms with E-state index in [0.29, 0.717) is 0 Å². The van der Waals surface area contributed by atoms with Gasteiger partial charge in [-0.05, 0) is 19.1 Å². The van der Waals surface area contributed by atoms with Crippen molar-refractivity contribution in [1.29, 1.82) is 0 Å². The van der Waals surface area contributed by atoms with Gasteiger partial charge in [0.1, 0.15) is 6.10 Å². The van der Waals surface area contributed by atoms with Gasteiger partial charge in [-0.25, -0.2) is 0 Å². The van der Waals surface area contributed by atoms with E-state index in [4.69, 9.17) is 9.47 Å². The van der Waals surface area contributed by atoms with Crippen LogP contribution in [0.25, 0.3) is 0 Å². The van der Waals surface area contributed by atoms with Crippen molar-refractivity contribution in [2.45, 2.75) is 33.2 Å². The summed E-state index contributed by atoms with van der Waals surface area (Å²) >= 11 is 0.